The monoisotopic (exact) mass is 628 g/mol. The minimum atomic E-state index is -0.749. The van der Waals surface area contributed by atoms with E-state index in [9.17, 15) is 39.6 Å². The average molecular weight is 628 g/mol. The van der Waals surface area contributed by atoms with Crippen molar-refractivity contribution in [3.8, 4) is 17.2 Å². The van der Waals surface area contributed by atoms with E-state index in [2.05, 4.69) is 0 Å². The Morgan fingerprint density at radius 1 is 0.500 bits per heavy atom. The summed E-state index contributed by atoms with van der Waals surface area (Å²) in [5.41, 5.74) is 4.08. The Morgan fingerprint density at radius 2 is 0.690 bits per heavy atom. The van der Waals surface area contributed by atoms with E-state index >= 15 is 0 Å². The number of phenolic OH excluding ortho intramolecular Hbond substituents is 3. The Morgan fingerprint density at radius 3 is 0.833 bits per heavy atom. The molecule has 3 aromatic rings. The van der Waals surface area contributed by atoms with Crippen LogP contribution in [0.3, 0.4) is 0 Å². The minimum Gasteiger partial charge on any atom is -0.759 e. The molecule has 0 heterocycles. The molecule has 0 aromatic heterocycles. The predicted octanol–water partition coefficient (Wildman–Crippen LogP) is 3.05. The molecule has 0 bridgehead atoms. The molecule has 3 rings (SSSR count). The summed E-state index contributed by atoms with van der Waals surface area (Å²) in [5, 5.41) is 56.2. The van der Waals surface area contributed by atoms with Crippen molar-refractivity contribution in [2.45, 2.75) is 27.7 Å². The van der Waals surface area contributed by atoms with Crippen LogP contribution in [0.2, 0.25) is 0 Å². The molecule has 0 aliphatic rings. The Kier molecular flexibility index (Phi) is 23.9. The third-order valence-corrected chi connectivity index (χ3v) is 3.60. The van der Waals surface area contributed by atoms with E-state index in [0.717, 1.165) is 0 Å². The maximum atomic E-state index is 10.6. The number of hydrogen-bond donors (Lipinski definition) is 6. The van der Waals surface area contributed by atoms with Gasteiger partial charge in [0.2, 0.25) is 17.7 Å². The first-order valence-electron chi connectivity index (χ1n) is 11.3. The Balaban J connectivity index is -0.000000477. The maximum Gasteiger partial charge on any atom is 3.00 e. The number of hydrogen-bond acceptors (Lipinski definition) is 11. The van der Waals surface area contributed by atoms with Crippen molar-refractivity contribution in [1.29, 1.82) is 0 Å². The van der Waals surface area contributed by atoms with Gasteiger partial charge in [-0.2, -0.15) is 0 Å². The van der Waals surface area contributed by atoms with E-state index in [1.54, 1.807) is 0 Å². The standard InChI is InChI=1S/3C7H6NO3.2C3H6O.Fe/c3*9-6-3-1-2-5(4-6)7(10)8-11;2*1-3(2)4;/h3*1-4H,(H2-,8,9,10,11);2*1-2H3;/q3*-1;;;+3. The molecule has 0 aliphatic carbocycles. The van der Waals surface area contributed by atoms with Crippen LogP contribution < -0.4 is 16.4 Å². The molecule has 227 valence electrons. The van der Waals surface area contributed by atoms with E-state index in [1.807, 2.05) is 0 Å². The van der Waals surface area contributed by atoms with Crippen LogP contribution in [0.4, 0.5) is 0 Å². The summed E-state index contributed by atoms with van der Waals surface area (Å²) in [6, 6.07) is 16.7. The van der Waals surface area contributed by atoms with Crippen molar-refractivity contribution in [3.05, 3.63) is 105 Å². The summed E-state index contributed by atoms with van der Waals surface area (Å²) < 4.78 is 0. The second-order valence-electron chi connectivity index (χ2n) is 7.76. The van der Waals surface area contributed by atoms with Crippen molar-refractivity contribution < 1.29 is 56.4 Å². The Labute approximate surface area is 252 Å². The number of ketones is 2. The smallest absolute Gasteiger partial charge is 0.759 e. The van der Waals surface area contributed by atoms with Gasteiger partial charge in [-0.05, 0) is 82.3 Å². The quantitative estimate of drug-likeness (QED) is 0.182. The number of rotatable bonds is 3. The van der Waals surface area contributed by atoms with Crippen molar-refractivity contribution in [1.82, 2.24) is 16.4 Å². The van der Waals surface area contributed by atoms with Crippen LogP contribution in [0.1, 0.15) is 58.8 Å². The number of carbonyl (C=O) groups excluding carboxylic acids is 5. The number of phenols is 3. The third-order valence-electron chi connectivity index (χ3n) is 3.60. The van der Waals surface area contributed by atoms with Crippen LogP contribution in [0.25, 0.3) is 0 Å². The van der Waals surface area contributed by atoms with Crippen LogP contribution in [-0.2, 0) is 26.7 Å². The molecule has 0 unspecified atom stereocenters. The first kappa shape index (κ1) is 41.7. The van der Waals surface area contributed by atoms with Crippen LogP contribution >= 0.6 is 0 Å². The van der Waals surface area contributed by atoms with Crippen molar-refractivity contribution in [2.75, 3.05) is 0 Å². The van der Waals surface area contributed by atoms with Gasteiger partial charge in [0.05, 0.1) is 0 Å². The summed E-state index contributed by atoms with van der Waals surface area (Å²) in [7, 11) is 0. The van der Waals surface area contributed by atoms with Crippen LogP contribution in [0, 0.1) is 15.6 Å². The van der Waals surface area contributed by atoms with Gasteiger partial charge in [0, 0.05) is 16.7 Å². The molecule has 0 spiro atoms. The molecule has 3 amide bonds. The van der Waals surface area contributed by atoms with Crippen molar-refractivity contribution >= 4 is 29.3 Å². The number of nitrogens with one attached hydrogen (secondary N) is 3. The first-order valence-corrected chi connectivity index (χ1v) is 11.3. The Hall–Kier alpha value is -4.79. The van der Waals surface area contributed by atoms with Crippen molar-refractivity contribution in [3.63, 3.8) is 0 Å². The van der Waals surface area contributed by atoms with E-state index in [0.29, 0.717) is 0 Å². The third kappa shape index (κ3) is 22.1. The topological polar surface area (TPSA) is 251 Å². The fourth-order valence-electron chi connectivity index (χ4n) is 2.12. The van der Waals surface area contributed by atoms with Crippen LogP contribution in [-0.4, -0.2) is 44.6 Å². The zero-order chi connectivity index (χ0) is 32.0. The first-order chi connectivity index (χ1) is 19.2. The van der Waals surface area contributed by atoms with Crippen LogP contribution in [0.15, 0.2) is 72.8 Å². The molecule has 0 saturated carbocycles. The summed E-state index contributed by atoms with van der Waals surface area (Å²) in [5.74, 6) is -2.02. The summed E-state index contributed by atoms with van der Waals surface area (Å²) >= 11 is 0. The van der Waals surface area contributed by atoms with Gasteiger partial charge in [-0.25, -0.2) is 0 Å². The molecule has 15 heteroatoms. The van der Waals surface area contributed by atoms with Gasteiger partial charge < -0.3 is 57.0 Å². The predicted molar refractivity (Wildman–Crippen MR) is 150 cm³/mol. The molecular formula is C27H30FeN3O11. The number of Topliss-reactive ketones (excluding diaryl/α,β-unsaturated/α-hetero) is 2. The van der Waals surface area contributed by atoms with Gasteiger partial charge in [0.1, 0.15) is 28.8 Å². The van der Waals surface area contributed by atoms with E-state index in [-0.39, 0.29) is 62.6 Å². The van der Waals surface area contributed by atoms with E-state index in [4.69, 9.17) is 15.3 Å². The molecule has 0 fully saturated rings. The van der Waals surface area contributed by atoms with E-state index < -0.39 is 17.7 Å². The summed E-state index contributed by atoms with van der Waals surface area (Å²) in [6.45, 7) is 6.11. The van der Waals surface area contributed by atoms with Crippen LogP contribution in [0.5, 0.6) is 17.2 Å². The van der Waals surface area contributed by atoms with Crippen molar-refractivity contribution in [2.24, 2.45) is 0 Å². The summed E-state index contributed by atoms with van der Waals surface area (Å²) in [6.07, 6.45) is 0. The molecule has 6 N–H and O–H groups in total. The molecule has 1 radical (unpaired) electrons. The molecule has 0 atom stereocenters. The second-order valence-corrected chi connectivity index (χ2v) is 7.76. The van der Waals surface area contributed by atoms with Gasteiger partial charge in [0.15, 0.2) is 0 Å². The molecular weight excluding hydrogens is 598 g/mol. The SMILES string of the molecule is CC(C)=O.CC(C)=O.O=C(N[O-])c1cccc(O)c1.O=C(N[O-])c1cccc(O)c1.O=C(N[O-])c1cccc(O)c1.[Fe+3]. The Bertz CT molecular complexity index is 1130. The fourth-order valence-corrected chi connectivity index (χ4v) is 2.12. The van der Waals surface area contributed by atoms with E-state index in [1.165, 1.54) is 117 Å². The number of carbonyl (C=O) groups is 5. The molecule has 0 saturated heterocycles. The van der Waals surface area contributed by atoms with Gasteiger partial charge in [0.25, 0.3) is 0 Å². The normalized spacial score (nSPS) is 8.45. The zero-order valence-corrected chi connectivity index (χ0v) is 24.0. The maximum absolute atomic E-state index is 10.6. The van der Waals surface area contributed by atoms with Gasteiger partial charge in [-0.1, -0.05) is 18.2 Å². The molecule has 14 nitrogen and oxygen atoms in total. The largest absolute Gasteiger partial charge is 3.00 e. The number of aromatic hydroxyl groups is 3. The molecule has 0 aliphatic heterocycles. The average Bonchev–Trinajstić information content (AvgIpc) is 2.91. The number of amides is 3. The zero-order valence-electron chi connectivity index (χ0n) is 22.9. The fraction of sp³-hybridized carbons (Fsp3) is 0.148. The number of hydroxylamine groups is 3. The molecule has 3 aromatic carbocycles. The van der Waals surface area contributed by atoms with Gasteiger partial charge in [-0.15, -0.1) is 0 Å². The second kappa shape index (κ2) is 24.0. The number of benzene rings is 3. The van der Waals surface area contributed by atoms with Gasteiger partial charge in [-0.3, -0.25) is 14.4 Å². The van der Waals surface area contributed by atoms with Gasteiger partial charge >= 0.3 is 17.1 Å². The minimum absolute atomic E-state index is 0. The summed E-state index contributed by atoms with van der Waals surface area (Å²) in [4.78, 5) is 50.8. The molecule has 42 heavy (non-hydrogen) atoms.